The average Bonchev–Trinajstić information content (AvgIpc) is 2.34. The topological polar surface area (TPSA) is 0 Å². The van der Waals surface area contributed by atoms with Gasteiger partial charge < -0.3 is 0 Å². The van der Waals surface area contributed by atoms with Crippen molar-refractivity contribution < 1.29 is 4.39 Å². The van der Waals surface area contributed by atoms with E-state index in [-0.39, 0.29) is 5.92 Å². The molecular weight excluding hydrogens is 223 g/mol. The Bertz CT molecular complexity index is 184. The van der Waals surface area contributed by atoms with E-state index < -0.39 is 5.67 Å². The molecule has 0 bridgehead atoms. The minimum absolute atomic E-state index is 0.186. The minimum Gasteiger partial charge on any atom is -0.244 e. The number of hydrogen-bond acceptors (Lipinski definition) is 0. The van der Waals surface area contributed by atoms with Gasteiger partial charge in [-0.1, -0.05) is 84.5 Å². The molecule has 0 saturated heterocycles. The highest BCUT2D eigenvalue weighted by Crippen LogP contribution is 2.34. The molecule has 0 N–H and O–H groups in total. The monoisotopic (exact) mass is 256 g/mol. The molecule has 0 spiro atoms. The van der Waals surface area contributed by atoms with Gasteiger partial charge in [-0.15, -0.1) is 0 Å². The van der Waals surface area contributed by atoms with Crippen molar-refractivity contribution in [2.24, 2.45) is 5.92 Å². The van der Waals surface area contributed by atoms with Gasteiger partial charge in [0.2, 0.25) is 0 Å². The van der Waals surface area contributed by atoms with Crippen LogP contribution in [0, 0.1) is 5.92 Å². The molecule has 0 nitrogen and oxygen atoms in total. The van der Waals surface area contributed by atoms with Crippen LogP contribution in [0.15, 0.2) is 0 Å². The summed E-state index contributed by atoms with van der Waals surface area (Å²) in [5, 5.41) is 0. The van der Waals surface area contributed by atoms with Crippen LogP contribution in [0.25, 0.3) is 0 Å². The summed E-state index contributed by atoms with van der Waals surface area (Å²) in [5.74, 6) is 0.186. The zero-order chi connectivity index (χ0) is 13.3. The zero-order valence-corrected chi connectivity index (χ0v) is 12.6. The highest BCUT2D eigenvalue weighted by molar-refractivity contribution is 4.82. The molecule has 0 amide bonds. The molecule has 0 aliphatic heterocycles. The predicted octanol–water partition coefficient (Wildman–Crippen LogP) is 6.44. The zero-order valence-electron chi connectivity index (χ0n) is 12.6. The van der Waals surface area contributed by atoms with Crippen molar-refractivity contribution in [2.75, 3.05) is 0 Å². The van der Waals surface area contributed by atoms with Crippen LogP contribution in [0.5, 0.6) is 0 Å². The maximum Gasteiger partial charge on any atom is 0.113 e. The van der Waals surface area contributed by atoms with Crippen molar-refractivity contribution in [3.05, 3.63) is 0 Å². The third-order valence-electron chi connectivity index (χ3n) is 4.72. The summed E-state index contributed by atoms with van der Waals surface area (Å²) in [6.45, 7) is 4.12. The minimum atomic E-state index is -0.885. The van der Waals surface area contributed by atoms with E-state index in [1.165, 1.54) is 57.8 Å². The SMILES string of the molecule is CC(C)C1(F)CCCCCCCCCCCCC1. The van der Waals surface area contributed by atoms with Crippen molar-refractivity contribution in [3.63, 3.8) is 0 Å². The second-order valence-electron chi connectivity index (χ2n) is 6.58. The Morgan fingerprint density at radius 3 is 1.17 bits per heavy atom. The van der Waals surface area contributed by atoms with Crippen LogP contribution in [0.3, 0.4) is 0 Å². The fourth-order valence-corrected chi connectivity index (χ4v) is 3.13. The number of rotatable bonds is 1. The molecule has 1 heteroatoms. The molecule has 1 saturated carbocycles. The first-order valence-electron chi connectivity index (χ1n) is 8.34. The molecule has 0 heterocycles. The van der Waals surface area contributed by atoms with Gasteiger partial charge in [0.05, 0.1) is 0 Å². The predicted molar refractivity (Wildman–Crippen MR) is 78.7 cm³/mol. The van der Waals surface area contributed by atoms with Gasteiger partial charge in [0.1, 0.15) is 5.67 Å². The summed E-state index contributed by atoms with van der Waals surface area (Å²) >= 11 is 0. The Morgan fingerprint density at radius 2 is 0.889 bits per heavy atom. The lowest BCUT2D eigenvalue weighted by atomic mass is 9.82. The van der Waals surface area contributed by atoms with E-state index in [9.17, 15) is 4.39 Å². The molecule has 0 unspecified atom stereocenters. The van der Waals surface area contributed by atoms with Crippen LogP contribution in [0.4, 0.5) is 4.39 Å². The van der Waals surface area contributed by atoms with E-state index >= 15 is 0 Å². The molecule has 0 aromatic heterocycles. The first-order valence-corrected chi connectivity index (χ1v) is 8.34. The van der Waals surface area contributed by atoms with Crippen molar-refractivity contribution in [2.45, 2.75) is 103 Å². The van der Waals surface area contributed by atoms with Gasteiger partial charge in [0.15, 0.2) is 0 Å². The smallest absolute Gasteiger partial charge is 0.113 e. The molecule has 1 aliphatic carbocycles. The van der Waals surface area contributed by atoms with E-state index in [0.29, 0.717) is 0 Å². The molecule has 0 atom stereocenters. The molecule has 108 valence electrons. The summed E-state index contributed by atoms with van der Waals surface area (Å²) in [4.78, 5) is 0. The van der Waals surface area contributed by atoms with Gasteiger partial charge in [-0.2, -0.15) is 0 Å². The fraction of sp³-hybridized carbons (Fsp3) is 1.00. The quantitative estimate of drug-likeness (QED) is 0.506. The summed E-state index contributed by atoms with van der Waals surface area (Å²) in [7, 11) is 0. The average molecular weight is 256 g/mol. The third-order valence-corrected chi connectivity index (χ3v) is 4.72. The van der Waals surface area contributed by atoms with Crippen LogP contribution in [-0.2, 0) is 0 Å². The summed E-state index contributed by atoms with van der Waals surface area (Å²) in [6.07, 6.45) is 15.8. The lowest BCUT2D eigenvalue weighted by Gasteiger charge is -2.30. The Balaban J connectivity index is 2.39. The van der Waals surface area contributed by atoms with Crippen molar-refractivity contribution in [1.82, 2.24) is 0 Å². The fourth-order valence-electron chi connectivity index (χ4n) is 3.13. The molecule has 1 aliphatic rings. The first kappa shape index (κ1) is 16.0. The first-order chi connectivity index (χ1) is 8.65. The van der Waals surface area contributed by atoms with Crippen LogP contribution >= 0.6 is 0 Å². The Morgan fingerprint density at radius 1 is 0.611 bits per heavy atom. The van der Waals surface area contributed by atoms with E-state index in [0.717, 1.165) is 25.7 Å². The Kier molecular flexibility index (Phi) is 7.93. The normalized spacial score (nSPS) is 24.7. The van der Waals surface area contributed by atoms with E-state index in [2.05, 4.69) is 13.8 Å². The summed E-state index contributed by atoms with van der Waals surface area (Å²) < 4.78 is 14.9. The molecule has 0 radical (unpaired) electrons. The lowest BCUT2D eigenvalue weighted by molar-refractivity contribution is 0.0715. The molecule has 1 fully saturated rings. The largest absolute Gasteiger partial charge is 0.244 e. The molecule has 0 aromatic rings. The lowest BCUT2D eigenvalue weighted by Crippen LogP contribution is -2.29. The number of hydrogen-bond donors (Lipinski definition) is 0. The van der Waals surface area contributed by atoms with Gasteiger partial charge in [-0.05, 0) is 18.8 Å². The number of halogens is 1. The van der Waals surface area contributed by atoms with Crippen molar-refractivity contribution >= 4 is 0 Å². The van der Waals surface area contributed by atoms with Crippen LogP contribution in [-0.4, -0.2) is 5.67 Å². The third kappa shape index (κ3) is 6.20. The van der Waals surface area contributed by atoms with Gasteiger partial charge >= 0.3 is 0 Å². The van der Waals surface area contributed by atoms with Gasteiger partial charge in [-0.25, -0.2) is 4.39 Å². The van der Waals surface area contributed by atoms with Crippen LogP contribution in [0.2, 0.25) is 0 Å². The Hall–Kier alpha value is -0.0700. The van der Waals surface area contributed by atoms with E-state index in [1.807, 2.05) is 0 Å². The highest BCUT2D eigenvalue weighted by atomic mass is 19.1. The molecular formula is C17H33F. The standard InChI is InChI=1S/C17H33F/c1-16(2)17(18)14-12-10-8-6-4-3-5-7-9-11-13-15-17/h16H,3-15H2,1-2H3. The van der Waals surface area contributed by atoms with Crippen molar-refractivity contribution in [3.8, 4) is 0 Å². The van der Waals surface area contributed by atoms with Crippen molar-refractivity contribution in [1.29, 1.82) is 0 Å². The Labute approximate surface area is 114 Å². The number of alkyl halides is 1. The van der Waals surface area contributed by atoms with E-state index in [4.69, 9.17) is 0 Å². The highest BCUT2D eigenvalue weighted by Gasteiger charge is 2.32. The van der Waals surface area contributed by atoms with E-state index in [1.54, 1.807) is 0 Å². The second-order valence-corrected chi connectivity index (χ2v) is 6.58. The van der Waals surface area contributed by atoms with Gasteiger partial charge in [0.25, 0.3) is 0 Å². The summed E-state index contributed by atoms with van der Waals surface area (Å²) in [5.41, 5.74) is -0.885. The molecule has 18 heavy (non-hydrogen) atoms. The van der Waals surface area contributed by atoms with Gasteiger partial charge in [-0.3, -0.25) is 0 Å². The van der Waals surface area contributed by atoms with Gasteiger partial charge in [0, 0.05) is 0 Å². The summed E-state index contributed by atoms with van der Waals surface area (Å²) in [6, 6.07) is 0. The van der Waals surface area contributed by atoms with Crippen LogP contribution < -0.4 is 0 Å². The molecule has 1 rings (SSSR count). The molecule has 0 aromatic carbocycles. The second kappa shape index (κ2) is 8.93. The maximum absolute atomic E-state index is 14.9. The van der Waals surface area contributed by atoms with Crippen LogP contribution in [0.1, 0.15) is 97.3 Å². The maximum atomic E-state index is 14.9.